The van der Waals surface area contributed by atoms with E-state index in [1.165, 1.54) is 17.4 Å². The van der Waals surface area contributed by atoms with E-state index in [0.29, 0.717) is 18.7 Å². The number of thiazole rings is 1. The Morgan fingerprint density at radius 2 is 2.23 bits per heavy atom. The van der Waals surface area contributed by atoms with Crippen LogP contribution in [0.15, 0.2) is 29.8 Å². The lowest BCUT2D eigenvalue weighted by molar-refractivity contribution is -0.384. The Morgan fingerprint density at radius 3 is 2.82 bits per heavy atom. The maximum absolute atomic E-state index is 12.1. The summed E-state index contributed by atoms with van der Waals surface area (Å²) in [5, 5.41) is 16.7. The molecular weight excluding hydrogens is 304 g/mol. The van der Waals surface area contributed by atoms with Crippen LogP contribution in [0.1, 0.15) is 15.4 Å². The van der Waals surface area contributed by atoms with E-state index in [1.54, 1.807) is 37.3 Å². The third kappa shape index (κ3) is 3.79. The van der Waals surface area contributed by atoms with Gasteiger partial charge in [-0.15, -0.1) is 11.3 Å². The highest BCUT2D eigenvalue weighted by Gasteiger charge is 2.18. The van der Waals surface area contributed by atoms with Crippen molar-refractivity contribution in [3.63, 3.8) is 0 Å². The van der Waals surface area contributed by atoms with Crippen molar-refractivity contribution in [2.75, 3.05) is 25.5 Å². The zero-order valence-electron chi connectivity index (χ0n) is 12.3. The number of aromatic nitrogens is 1. The molecule has 0 unspecified atom stereocenters. The summed E-state index contributed by atoms with van der Waals surface area (Å²) in [4.78, 5) is 28.5. The molecule has 2 aromatic rings. The second-order valence-electron chi connectivity index (χ2n) is 4.79. The largest absolute Gasteiger partial charge is 0.372 e. The van der Waals surface area contributed by atoms with Gasteiger partial charge in [0.15, 0.2) is 0 Å². The van der Waals surface area contributed by atoms with Gasteiger partial charge in [-0.2, -0.15) is 0 Å². The van der Waals surface area contributed by atoms with Gasteiger partial charge in [-0.3, -0.25) is 14.9 Å². The van der Waals surface area contributed by atoms with Crippen molar-refractivity contribution in [1.82, 2.24) is 10.3 Å². The first-order valence-electron chi connectivity index (χ1n) is 6.61. The molecule has 1 heterocycles. The van der Waals surface area contributed by atoms with Crippen molar-refractivity contribution in [3.05, 3.63) is 50.5 Å². The Morgan fingerprint density at radius 1 is 1.45 bits per heavy atom. The average Bonchev–Trinajstić information content (AvgIpc) is 2.99. The maximum Gasteiger partial charge on any atom is 0.293 e. The number of nitrogens with zero attached hydrogens (tertiary/aromatic N) is 3. The van der Waals surface area contributed by atoms with Gasteiger partial charge in [0.25, 0.3) is 11.6 Å². The molecule has 1 N–H and O–H groups in total. The second kappa shape index (κ2) is 6.99. The number of hydrogen-bond acceptors (Lipinski definition) is 6. The summed E-state index contributed by atoms with van der Waals surface area (Å²) in [6.07, 6.45) is 2.35. The number of amides is 1. The molecule has 0 radical (unpaired) electrons. The van der Waals surface area contributed by atoms with Crippen LogP contribution >= 0.6 is 11.3 Å². The lowest BCUT2D eigenvalue weighted by atomic mass is 10.1. The molecule has 1 aromatic carbocycles. The lowest BCUT2D eigenvalue weighted by Gasteiger charge is -2.13. The first-order valence-corrected chi connectivity index (χ1v) is 7.49. The molecule has 0 saturated carbocycles. The van der Waals surface area contributed by atoms with Crippen molar-refractivity contribution >= 4 is 28.6 Å². The maximum atomic E-state index is 12.1. The molecule has 1 aromatic heterocycles. The molecule has 0 bridgehead atoms. The van der Waals surface area contributed by atoms with E-state index in [-0.39, 0.29) is 17.2 Å². The highest BCUT2D eigenvalue weighted by Crippen LogP contribution is 2.27. The fourth-order valence-electron chi connectivity index (χ4n) is 1.95. The number of carbonyl (C=O) groups excluding carboxylic acids is 1. The number of benzene rings is 1. The SMILES string of the molecule is CN(C)c1ccc(C(=O)NCCc2nccs2)cc1[N+](=O)[O-]. The van der Waals surface area contributed by atoms with Gasteiger partial charge >= 0.3 is 0 Å². The molecule has 7 nitrogen and oxygen atoms in total. The van der Waals surface area contributed by atoms with E-state index >= 15 is 0 Å². The summed E-state index contributed by atoms with van der Waals surface area (Å²) in [6, 6.07) is 4.46. The number of hydrogen-bond donors (Lipinski definition) is 1. The van der Waals surface area contributed by atoms with Crippen LogP contribution in [0.2, 0.25) is 0 Å². The average molecular weight is 320 g/mol. The van der Waals surface area contributed by atoms with E-state index in [1.807, 2.05) is 5.38 Å². The Bertz CT molecular complexity index is 671. The molecule has 0 spiro atoms. The van der Waals surface area contributed by atoms with E-state index in [4.69, 9.17) is 0 Å². The van der Waals surface area contributed by atoms with Crippen LogP contribution in [-0.2, 0) is 6.42 Å². The zero-order chi connectivity index (χ0) is 16.1. The molecule has 0 aliphatic rings. The van der Waals surface area contributed by atoms with Crippen LogP contribution in [0.25, 0.3) is 0 Å². The number of nitro benzene ring substituents is 1. The highest BCUT2D eigenvalue weighted by atomic mass is 32.1. The van der Waals surface area contributed by atoms with Gasteiger partial charge in [0.2, 0.25) is 0 Å². The number of nitro groups is 1. The number of anilines is 1. The normalized spacial score (nSPS) is 10.3. The van der Waals surface area contributed by atoms with E-state index in [9.17, 15) is 14.9 Å². The Hall–Kier alpha value is -2.48. The third-order valence-corrected chi connectivity index (χ3v) is 3.86. The molecule has 8 heteroatoms. The van der Waals surface area contributed by atoms with Crippen LogP contribution in [0, 0.1) is 10.1 Å². The minimum absolute atomic E-state index is 0.0856. The van der Waals surface area contributed by atoms with Gasteiger partial charge < -0.3 is 10.2 Å². The first kappa shape index (κ1) is 15.9. The molecule has 0 aliphatic heterocycles. The molecule has 0 fully saturated rings. The van der Waals surface area contributed by atoms with Crippen molar-refractivity contribution in [2.45, 2.75) is 6.42 Å². The number of nitrogens with one attached hydrogen (secondary N) is 1. The smallest absolute Gasteiger partial charge is 0.293 e. The summed E-state index contributed by atoms with van der Waals surface area (Å²) in [5.74, 6) is -0.329. The van der Waals surface area contributed by atoms with E-state index in [2.05, 4.69) is 10.3 Å². The van der Waals surface area contributed by atoms with E-state index < -0.39 is 4.92 Å². The van der Waals surface area contributed by atoms with E-state index in [0.717, 1.165) is 5.01 Å². The quantitative estimate of drug-likeness (QED) is 0.650. The van der Waals surface area contributed by atoms with Gasteiger partial charge in [0.1, 0.15) is 5.69 Å². The summed E-state index contributed by atoms with van der Waals surface area (Å²) >= 11 is 1.52. The standard InChI is InChI=1S/C14H16N4O3S/c1-17(2)11-4-3-10(9-12(11)18(20)21)14(19)16-6-5-13-15-7-8-22-13/h3-4,7-9H,5-6H2,1-2H3,(H,16,19). The molecule has 22 heavy (non-hydrogen) atoms. The predicted molar refractivity (Wildman–Crippen MR) is 85.6 cm³/mol. The monoisotopic (exact) mass is 320 g/mol. The molecule has 116 valence electrons. The summed E-state index contributed by atoms with van der Waals surface area (Å²) in [7, 11) is 3.44. The minimum atomic E-state index is -0.484. The van der Waals surface area contributed by atoms with Gasteiger partial charge in [-0.1, -0.05) is 0 Å². The molecule has 0 saturated heterocycles. The van der Waals surface area contributed by atoms with Crippen LogP contribution in [0.5, 0.6) is 0 Å². The van der Waals surface area contributed by atoms with Crippen molar-refractivity contribution in [3.8, 4) is 0 Å². The van der Waals surface area contributed by atoms with Crippen LogP contribution in [0.4, 0.5) is 11.4 Å². The van der Waals surface area contributed by atoms with Gasteiger partial charge in [-0.25, -0.2) is 4.98 Å². The van der Waals surface area contributed by atoms with Crippen molar-refractivity contribution < 1.29 is 9.72 Å². The van der Waals surface area contributed by atoms with Crippen LogP contribution in [-0.4, -0.2) is 36.5 Å². The third-order valence-electron chi connectivity index (χ3n) is 3.02. The summed E-state index contributed by atoms with van der Waals surface area (Å²) in [5.41, 5.74) is 0.651. The second-order valence-corrected chi connectivity index (χ2v) is 5.77. The lowest BCUT2D eigenvalue weighted by Crippen LogP contribution is -2.26. The highest BCUT2D eigenvalue weighted by molar-refractivity contribution is 7.09. The Balaban J connectivity index is 2.06. The fourth-order valence-corrected chi connectivity index (χ4v) is 2.57. The predicted octanol–water partition coefficient (Wildman–Crippen LogP) is 2.09. The fraction of sp³-hybridized carbons (Fsp3) is 0.286. The van der Waals surface area contributed by atoms with Gasteiger partial charge in [0.05, 0.1) is 9.93 Å². The molecule has 0 atom stereocenters. The van der Waals surface area contributed by atoms with Crippen molar-refractivity contribution in [2.24, 2.45) is 0 Å². The minimum Gasteiger partial charge on any atom is -0.372 e. The van der Waals surface area contributed by atoms with Crippen LogP contribution in [0.3, 0.4) is 0 Å². The first-order chi connectivity index (χ1) is 10.5. The Labute approximate surface area is 131 Å². The molecule has 2 rings (SSSR count). The molecule has 0 aliphatic carbocycles. The van der Waals surface area contributed by atoms with Crippen LogP contribution < -0.4 is 10.2 Å². The molecule has 1 amide bonds. The summed E-state index contributed by atoms with van der Waals surface area (Å²) < 4.78 is 0. The zero-order valence-corrected chi connectivity index (χ0v) is 13.1. The number of carbonyl (C=O) groups is 1. The van der Waals surface area contributed by atoms with Gasteiger partial charge in [0, 0.05) is 50.3 Å². The number of rotatable bonds is 6. The van der Waals surface area contributed by atoms with Gasteiger partial charge in [-0.05, 0) is 12.1 Å². The Kier molecular flexibility index (Phi) is 5.05. The topological polar surface area (TPSA) is 88.4 Å². The van der Waals surface area contributed by atoms with Crippen molar-refractivity contribution in [1.29, 1.82) is 0 Å². The summed E-state index contributed by atoms with van der Waals surface area (Å²) in [6.45, 7) is 0.440. The molecular formula is C14H16N4O3S.